The molecule has 2 bridgehead atoms. The maximum Gasteiger partial charge on any atom is 0.320 e. The van der Waals surface area contributed by atoms with Gasteiger partial charge in [0.2, 0.25) is 0 Å². The van der Waals surface area contributed by atoms with Gasteiger partial charge in [-0.2, -0.15) is 0 Å². The van der Waals surface area contributed by atoms with E-state index in [4.69, 9.17) is 4.74 Å². The summed E-state index contributed by atoms with van der Waals surface area (Å²) in [5.41, 5.74) is -1.14. The van der Waals surface area contributed by atoms with Gasteiger partial charge in [0.05, 0.1) is 26.7 Å². The molecule has 0 spiro atoms. The molecule has 3 unspecified atom stereocenters. The first-order valence-electron chi connectivity index (χ1n) is 6.54. The predicted octanol–water partition coefficient (Wildman–Crippen LogP) is 0.00360. The molecule has 3 fully saturated rings. The van der Waals surface area contributed by atoms with Gasteiger partial charge in [-0.1, -0.05) is 0 Å². The third-order valence-corrected chi connectivity index (χ3v) is 4.14. The fraction of sp³-hybridized carbons (Fsp3) is 0.769. The third-order valence-electron chi connectivity index (χ3n) is 4.14. The Morgan fingerprint density at radius 1 is 1.47 bits per heavy atom. The molecule has 0 aromatic heterocycles. The zero-order valence-electron chi connectivity index (χ0n) is 11.3. The van der Waals surface area contributed by atoms with Crippen LogP contribution in [0.25, 0.3) is 0 Å². The average Bonchev–Trinajstić information content (AvgIpc) is 2.39. The normalized spacial score (nSPS) is 33.1. The number of hydrogen-bond acceptors (Lipinski definition) is 6. The van der Waals surface area contributed by atoms with Crippen molar-refractivity contribution < 1.29 is 23.9 Å². The van der Waals surface area contributed by atoms with Crippen LogP contribution in [0.3, 0.4) is 0 Å². The summed E-state index contributed by atoms with van der Waals surface area (Å²) in [7, 11) is 1.31. The van der Waals surface area contributed by atoms with Gasteiger partial charge in [-0.25, -0.2) is 0 Å². The zero-order chi connectivity index (χ0) is 14.0. The van der Waals surface area contributed by atoms with Gasteiger partial charge in [0.25, 0.3) is 0 Å². The van der Waals surface area contributed by atoms with Crippen molar-refractivity contribution >= 4 is 17.7 Å². The van der Waals surface area contributed by atoms with Crippen molar-refractivity contribution in [2.24, 2.45) is 11.3 Å². The molecule has 3 rings (SSSR count). The maximum absolute atomic E-state index is 12.3. The number of esters is 2. The first kappa shape index (κ1) is 14.0. The lowest BCUT2D eigenvalue weighted by molar-refractivity contribution is -0.177. The minimum absolute atomic E-state index is 0.0809. The van der Waals surface area contributed by atoms with Crippen LogP contribution in [0.15, 0.2) is 0 Å². The number of Topliss-reactive ketones (excluding diaryl/α,β-unsaturated/α-hetero) is 1. The van der Waals surface area contributed by atoms with Gasteiger partial charge in [0.15, 0.2) is 5.78 Å². The van der Waals surface area contributed by atoms with E-state index >= 15 is 0 Å². The third kappa shape index (κ3) is 2.25. The van der Waals surface area contributed by atoms with Crippen molar-refractivity contribution in [3.63, 3.8) is 0 Å². The molecular weight excluding hydrogens is 250 g/mol. The SMILES string of the molecule is CCOC(=O)C12CCN(CC1=O)CC2CC(=O)OC. The van der Waals surface area contributed by atoms with Gasteiger partial charge in [0, 0.05) is 19.0 Å². The molecule has 3 aliphatic heterocycles. The van der Waals surface area contributed by atoms with E-state index in [1.54, 1.807) is 6.92 Å². The smallest absolute Gasteiger partial charge is 0.320 e. The molecule has 3 aliphatic rings. The molecule has 0 saturated carbocycles. The topological polar surface area (TPSA) is 72.9 Å². The molecule has 0 aliphatic carbocycles. The van der Waals surface area contributed by atoms with E-state index < -0.39 is 17.4 Å². The van der Waals surface area contributed by atoms with Crippen LogP contribution >= 0.6 is 0 Å². The number of fused-ring (bicyclic) bond motifs is 3. The molecular formula is C13H19NO5. The Balaban J connectivity index is 2.27. The number of carbonyl (C=O) groups is 3. The Kier molecular flexibility index (Phi) is 3.89. The summed E-state index contributed by atoms with van der Waals surface area (Å²) in [6.45, 7) is 3.49. The van der Waals surface area contributed by atoms with Crippen LogP contribution in [0.5, 0.6) is 0 Å². The van der Waals surface area contributed by atoms with Crippen LogP contribution in [0.2, 0.25) is 0 Å². The van der Waals surface area contributed by atoms with Crippen molar-refractivity contribution in [2.45, 2.75) is 19.8 Å². The summed E-state index contributed by atoms with van der Waals surface area (Å²) < 4.78 is 9.75. The molecule has 3 atom stereocenters. The Labute approximate surface area is 112 Å². The summed E-state index contributed by atoms with van der Waals surface area (Å²) in [6.07, 6.45) is 0.518. The number of nitrogens with zero attached hydrogens (tertiary/aromatic N) is 1. The molecule has 0 N–H and O–H groups in total. The lowest BCUT2D eigenvalue weighted by atomic mass is 9.63. The summed E-state index contributed by atoms with van der Waals surface area (Å²) in [4.78, 5) is 38.0. The standard InChI is InChI=1S/C13H19NO5/c1-3-19-12(17)13-4-5-14(8-10(13)15)7-9(13)6-11(16)18-2/h9H,3-8H2,1-2H3. The molecule has 3 saturated heterocycles. The second-order valence-electron chi connectivity index (χ2n) is 5.08. The van der Waals surface area contributed by atoms with E-state index in [1.165, 1.54) is 7.11 Å². The van der Waals surface area contributed by atoms with Crippen molar-refractivity contribution in [3.8, 4) is 0 Å². The summed E-state index contributed by atoms with van der Waals surface area (Å²) in [5.74, 6) is -1.34. The summed E-state index contributed by atoms with van der Waals surface area (Å²) >= 11 is 0. The number of ether oxygens (including phenoxy) is 2. The van der Waals surface area contributed by atoms with Gasteiger partial charge in [-0.15, -0.1) is 0 Å². The van der Waals surface area contributed by atoms with E-state index in [9.17, 15) is 14.4 Å². The van der Waals surface area contributed by atoms with Crippen LogP contribution in [0.4, 0.5) is 0 Å². The Morgan fingerprint density at radius 3 is 2.79 bits per heavy atom. The number of rotatable bonds is 4. The fourth-order valence-electron chi connectivity index (χ4n) is 3.12. The Hall–Kier alpha value is -1.43. The number of piperidine rings is 3. The Morgan fingerprint density at radius 2 is 2.21 bits per heavy atom. The number of methoxy groups -OCH3 is 1. The molecule has 0 amide bonds. The van der Waals surface area contributed by atoms with Gasteiger partial charge in [0.1, 0.15) is 5.41 Å². The Bertz CT molecular complexity index is 408. The molecule has 6 heteroatoms. The van der Waals surface area contributed by atoms with E-state index in [0.717, 1.165) is 0 Å². The van der Waals surface area contributed by atoms with Crippen molar-refractivity contribution in [3.05, 3.63) is 0 Å². The first-order valence-corrected chi connectivity index (χ1v) is 6.54. The molecule has 0 aromatic rings. The maximum atomic E-state index is 12.3. The molecule has 0 radical (unpaired) electrons. The van der Waals surface area contributed by atoms with E-state index in [0.29, 0.717) is 19.5 Å². The highest BCUT2D eigenvalue weighted by Gasteiger charge is 2.59. The van der Waals surface area contributed by atoms with Crippen molar-refractivity contribution in [1.29, 1.82) is 0 Å². The summed E-state index contributed by atoms with van der Waals surface area (Å²) in [6, 6.07) is 0. The number of carbonyl (C=O) groups excluding carboxylic acids is 3. The molecule has 3 heterocycles. The van der Waals surface area contributed by atoms with Crippen molar-refractivity contribution in [1.82, 2.24) is 4.90 Å². The van der Waals surface area contributed by atoms with Crippen molar-refractivity contribution in [2.75, 3.05) is 33.4 Å². The monoisotopic (exact) mass is 269 g/mol. The first-order chi connectivity index (χ1) is 9.04. The second-order valence-corrected chi connectivity index (χ2v) is 5.08. The number of hydrogen-bond donors (Lipinski definition) is 0. The highest BCUT2D eigenvalue weighted by Crippen LogP contribution is 2.44. The van der Waals surface area contributed by atoms with E-state index in [2.05, 4.69) is 4.74 Å². The van der Waals surface area contributed by atoms with E-state index in [-0.39, 0.29) is 31.3 Å². The molecule has 19 heavy (non-hydrogen) atoms. The summed E-state index contributed by atoms with van der Waals surface area (Å²) in [5, 5.41) is 0. The quantitative estimate of drug-likeness (QED) is 0.528. The van der Waals surface area contributed by atoms with Gasteiger partial charge in [-0.05, 0) is 13.3 Å². The molecule has 0 aromatic carbocycles. The van der Waals surface area contributed by atoms with Gasteiger partial charge >= 0.3 is 11.9 Å². The van der Waals surface area contributed by atoms with Crippen LogP contribution in [-0.4, -0.2) is 56.0 Å². The van der Waals surface area contributed by atoms with Crippen LogP contribution in [0.1, 0.15) is 19.8 Å². The predicted molar refractivity (Wildman–Crippen MR) is 65.3 cm³/mol. The van der Waals surface area contributed by atoms with Gasteiger partial charge in [-0.3, -0.25) is 19.3 Å². The van der Waals surface area contributed by atoms with Crippen LogP contribution < -0.4 is 0 Å². The van der Waals surface area contributed by atoms with E-state index in [1.807, 2.05) is 4.90 Å². The fourth-order valence-corrected chi connectivity index (χ4v) is 3.12. The second kappa shape index (κ2) is 5.28. The van der Waals surface area contributed by atoms with Crippen LogP contribution in [0, 0.1) is 11.3 Å². The average molecular weight is 269 g/mol. The number of ketones is 1. The highest BCUT2D eigenvalue weighted by molar-refractivity contribution is 6.06. The highest BCUT2D eigenvalue weighted by atomic mass is 16.5. The minimum atomic E-state index is -1.14. The van der Waals surface area contributed by atoms with Gasteiger partial charge < -0.3 is 9.47 Å². The minimum Gasteiger partial charge on any atom is -0.469 e. The molecule has 6 nitrogen and oxygen atoms in total. The molecule has 106 valence electrons. The zero-order valence-corrected chi connectivity index (χ0v) is 11.3. The lowest BCUT2D eigenvalue weighted by Crippen LogP contribution is -2.64. The lowest BCUT2D eigenvalue weighted by Gasteiger charge is -2.50. The van der Waals surface area contributed by atoms with Crippen LogP contribution in [-0.2, 0) is 23.9 Å². The largest absolute Gasteiger partial charge is 0.469 e.